The molecule has 0 aliphatic heterocycles. The molecule has 0 heterocycles. The van der Waals surface area contributed by atoms with Gasteiger partial charge in [-0.15, -0.1) is 0 Å². The van der Waals surface area contributed by atoms with Crippen LogP contribution in [0.15, 0.2) is 0 Å². The summed E-state index contributed by atoms with van der Waals surface area (Å²) in [6.07, 6.45) is 4.50. The summed E-state index contributed by atoms with van der Waals surface area (Å²) in [5.74, 6) is 1.34. The zero-order valence-corrected chi connectivity index (χ0v) is 11.4. The molecule has 0 bridgehead atoms. The maximum absolute atomic E-state index is 7.62. The molecule has 0 amide bonds. The Labute approximate surface area is 101 Å². The van der Waals surface area contributed by atoms with Gasteiger partial charge < -0.3 is 14.9 Å². The highest BCUT2D eigenvalue weighted by molar-refractivity contribution is 4.50. The van der Waals surface area contributed by atoms with Gasteiger partial charge in [-0.05, 0) is 11.8 Å². The monoisotopic (exact) mass is 234 g/mol. The highest BCUT2D eigenvalue weighted by Crippen LogP contribution is 2.14. The van der Waals surface area contributed by atoms with Gasteiger partial charge in [-0.3, -0.25) is 0 Å². The number of hydrogen-bond donors (Lipinski definition) is 2. The van der Waals surface area contributed by atoms with E-state index in [0.717, 1.165) is 13.2 Å². The van der Waals surface area contributed by atoms with Gasteiger partial charge in [0.25, 0.3) is 0 Å². The second-order valence-corrected chi connectivity index (χ2v) is 4.83. The predicted molar refractivity (Wildman–Crippen MR) is 68.5 cm³/mol. The first kappa shape index (κ1) is 18.3. The van der Waals surface area contributed by atoms with Crippen molar-refractivity contribution < 1.29 is 14.9 Å². The normalized spacial score (nSPS) is 12.8. The summed E-state index contributed by atoms with van der Waals surface area (Å²) in [4.78, 5) is 0. The SMILES string of the molecule is C1CC1.CC(C)COCC(C)C.OCCO. The molecule has 0 aromatic rings. The Balaban J connectivity index is 0. The van der Waals surface area contributed by atoms with Crippen molar-refractivity contribution in [3.8, 4) is 0 Å². The third kappa shape index (κ3) is 37.1. The van der Waals surface area contributed by atoms with E-state index in [1.807, 2.05) is 0 Å². The summed E-state index contributed by atoms with van der Waals surface area (Å²) in [6.45, 7) is 10.2. The lowest BCUT2D eigenvalue weighted by atomic mass is 10.2. The standard InChI is InChI=1S/C8H18O.C3H6.C2H6O2/c1-7(2)5-9-6-8(3)4;1-2-3-1;3-1-2-4/h7-8H,5-6H2,1-4H3;1-3H2;3-4H,1-2H2. The van der Waals surface area contributed by atoms with Gasteiger partial charge in [0.1, 0.15) is 0 Å². The Hall–Kier alpha value is -0.120. The van der Waals surface area contributed by atoms with E-state index in [2.05, 4.69) is 27.7 Å². The highest BCUT2D eigenvalue weighted by Gasteiger charge is 1.95. The molecule has 0 aromatic heterocycles. The van der Waals surface area contributed by atoms with Gasteiger partial charge in [-0.25, -0.2) is 0 Å². The molecule has 1 fully saturated rings. The summed E-state index contributed by atoms with van der Waals surface area (Å²) in [6, 6.07) is 0. The second-order valence-electron chi connectivity index (χ2n) is 4.83. The van der Waals surface area contributed by atoms with Crippen LogP contribution in [0, 0.1) is 11.8 Å². The molecule has 0 unspecified atom stereocenters. The van der Waals surface area contributed by atoms with Crippen LogP contribution in [0.5, 0.6) is 0 Å². The third-order valence-corrected chi connectivity index (χ3v) is 1.36. The number of rotatable bonds is 5. The highest BCUT2D eigenvalue weighted by atomic mass is 16.5. The second kappa shape index (κ2) is 14.9. The Kier molecular flexibility index (Phi) is 17.0. The summed E-state index contributed by atoms with van der Waals surface area (Å²) in [7, 11) is 0. The summed E-state index contributed by atoms with van der Waals surface area (Å²) < 4.78 is 5.36. The van der Waals surface area contributed by atoms with E-state index in [9.17, 15) is 0 Å². The lowest BCUT2D eigenvalue weighted by molar-refractivity contribution is 0.0886. The largest absolute Gasteiger partial charge is 0.394 e. The number of ether oxygens (including phenoxy) is 1. The van der Waals surface area contributed by atoms with Crippen LogP contribution in [0.3, 0.4) is 0 Å². The van der Waals surface area contributed by atoms with E-state index < -0.39 is 0 Å². The molecule has 2 N–H and O–H groups in total. The topological polar surface area (TPSA) is 49.7 Å². The third-order valence-electron chi connectivity index (χ3n) is 1.36. The van der Waals surface area contributed by atoms with Crippen molar-refractivity contribution in [2.45, 2.75) is 47.0 Å². The Morgan fingerprint density at radius 1 is 0.812 bits per heavy atom. The van der Waals surface area contributed by atoms with Gasteiger partial charge >= 0.3 is 0 Å². The minimum absolute atomic E-state index is 0.125. The van der Waals surface area contributed by atoms with E-state index in [4.69, 9.17) is 14.9 Å². The van der Waals surface area contributed by atoms with Gasteiger partial charge in [-0.1, -0.05) is 47.0 Å². The molecule has 0 aromatic carbocycles. The van der Waals surface area contributed by atoms with E-state index in [1.54, 1.807) is 0 Å². The average Bonchev–Trinajstić information content (AvgIpc) is 3.04. The molecule has 1 rings (SSSR count). The lowest BCUT2D eigenvalue weighted by Crippen LogP contribution is -2.06. The van der Waals surface area contributed by atoms with E-state index in [0.29, 0.717) is 11.8 Å². The first-order valence-electron chi connectivity index (χ1n) is 6.34. The van der Waals surface area contributed by atoms with Crippen molar-refractivity contribution in [1.29, 1.82) is 0 Å². The fourth-order valence-corrected chi connectivity index (χ4v) is 0.539. The van der Waals surface area contributed by atoms with Crippen molar-refractivity contribution in [2.75, 3.05) is 26.4 Å². The van der Waals surface area contributed by atoms with Crippen molar-refractivity contribution in [3.05, 3.63) is 0 Å². The summed E-state index contributed by atoms with van der Waals surface area (Å²) in [5.41, 5.74) is 0. The first-order valence-corrected chi connectivity index (χ1v) is 6.34. The fraction of sp³-hybridized carbons (Fsp3) is 1.00. The molecule has 1 aliphatic rings. The van der Waals surface area contributed by atoms with Crippen molar-refractivity contribution in [3.63, 3.8) is 0 Å². The van der Waals surface area contributed by atoms with Crippen LogP contribution < -0.4 is 0 Å². The van der Waals surface area contributed by atoms with Crippen molar-refractivity contribution in [2.24, 2.45) is 11.8 Å². The van der Waals surface area contributed by atoms with Gasteiger partial charge in [0.05, 0.1) is 13.2 Å². The first-order chi connectivity index (χ1) is 7.54. The minimum Gasteiger partial charge on any atom is -0.394 e. The Bertz CT molecular complexity index is 99.0. The predicted octanol–water partition coefficient (Wildman–Crippen LogP) is 2.46. The Morgan fingerprint density at radius 2 is 1.12 bits per heavy atom. The van der Waals surface area contributed by atoms with E-state index in [1.165, 1.54) is 19.3 Å². The van der Waals surface area contributed by atoms with Gasteiger partial charge in [0.2, 0.25) is 0 Å². The van der Waals surface area contributed by atoms with Crippen LogP contribution >= 0.6 is 0 Å². The maximum Gasteiger partial charge on any atom is 0.0662 e. The number of aliphatic hydroxyl groups is 2. The molecule has 1 aliphatic carbocycles. The molecule has 3 nitrogen and oxygen atoms in total. The van der Waals surface area contributed by atoms with Crippen molar-refractivity contribution >= 4 is 0 Å². The number of hydrogen-bond acceptors (Lipinski definition) is 3. The van der Waals surface area contributed by atoms with Crippen LogP contribution in [0.25, 0.3) is 0 Å². The van der Waals surface area contributed by atoms with Gasteiger partial charge in [0, 0.05) is 13.2 Å². The molecular formula is C13H30O3. The molecule has 3 heteroatoms. The van der Waals surface area contributed by atoms with Crippen LogP contribution in [-0.4, -0.2) is 36.6 Å². The zero-order valence-electron chi connectivity index (χ0n) is 11.4. The Morgan fingerprint density at radius 3 is 1.25 bits per heavy atom. The van der Waals surface area contributed by atoms with E-state index in [-0.39, 0.29) is 13.2 Å². The van der Waals surface area contributed by atoms with Crippen LogP contribution in [0.4, 0.5) is 0 Å². The van der Waals surface area contributed by atoms with Gasteiger partial charge in [-0.2, -0.15) is 0 Å². The van der Waals surface area contributed by atoms with E-state index >= 15 is 0 Å². The fourth-order valence-electron chi connectivity index (χ4n) is 0.539. The van der Waals surface area contributed by atoms with Crippen LogP contribution in [0.2, 0.25) is 0 Å². The minimum atomic E-state index is -0.125. The molecule has 100 valence electrons. The molecule has 1 saturated carbocycles. The van der Waals surface area contributed by atoms with Gasteiger partial charge in [0.15, 0.2) is 0 Å². The molecule has 0 saturated heterocycles. The summed E-state index contributed by atoms with van der Waals surface area (Å²) >= 11 is 0. The average molecular weight is 234 g/mol. The maximum atomic E-state index is 7.62. The quantitative estimate of drug-likeness (QED) is 0.768. The zero-order chi connectivity index (χ0) is 12.8. The lowest BCUT2D eigenvalue weighted by Gasteiger charge is -2.07. The van der Waals surface area contributed by atoms with Crippen molar-refractivity contribution in [1.82, 2.24) is 0 Å². The number of aliphatic hydroxyl groups excluding tert-OH is 2. The van der Waals surface area contributed by atoms with Crippen LogP contribution in [-0.2, 0) is 4.74 Å². The molecule has 16 heavy (non-hydrogen) atoms. The molecule has 0 spiro atoms. The molecule has 0 radical (unpaired) electrons. The summed E-state index contributed by atoms with van der Waals surface area (Å²) in [5, 5.41) is 15.2. The smallest absolute Gasteiger partial charge is 0.0662 e. The van der Waals surface area contributed by atoms with Crippen LogP contribution in [0.1, 0.15) is 47.0 Å². The molecule has 0 atom stereocenters. The molecular weight excluding hydrogens is 204 g/mol.